The second kappa shape index (κ2) is 3.75. The molecule has 1 heterocycles. The lowest BCUT2D eigenvalue weighted by molar-refractivity contribution is 0.398. The van der Waals surface area contributed by atoms with Gasteiger partial charge in [0.1, 0.15) is 4.34 Å². The third-order valence-electron chi connectivity index (χ3n) is 1.86. The van der Waals surface area contributed by atoms with Crippen LogP contribution in [0.1, 0.15) is 0 Å². The quantitative estimate of drug-likeness (QED) is 0.663. The van der Waals surface area contributed by atoms with Gasteiger partial charge in [0.05, 0.1) is 22.2 Å². The maximum absolute atomic E-state index is 11.4. The number of thiazole rings is 1. The van der Waals surface area contributed by atoms with Crippen molar-refractivity contribution in [3.8, 4) is 0 Å². The highest BCUT2D eigenvalue weighted by Gasteiger charge is 2.14. The van der Waals surface area contributed by atoms with Crippen molar-refractivity contribution >= 4 is 44.3 Å². The van der Waals surface area contributed by atoms with Crippen molar-refractivity contribution in [3.05, 3.63) is 18.2 Å². The van der Waals surface area contributed by atoms with Crippen molar-refractivity contribution in [1.82, 2.24) is 4.98 Å². The van der Waals surface area contributed by atoms with Crippen molar-refractivity contribution in [1.29, 1.82) is 0 Å². The molecule has 0 N–H and O–H groups in total. The first-order valence-electron chi connectivity index (χ1n) is 3.93. The molecule has 7 heteroatoms. The van der Waals surface area contributed by atoms with Crippen molar-refractivity contribution in [2.75, 3.05) is 7.11 Å². The zero-order valence-corrected chi connectivity index (χ0v) is 10.2. The highest BCUT2D eigenvalue weighted by atomic mass is 32.2. The van der Waals surface area contributed by atoms with Crippen molar-refractivity contribution in [3.63, 3.8) is 0 Å². The fourth-order valence-corrected chi connectivity index (χ4v) is 2.92. The van der Waals surface area contributed by atoms with Crippen LogP contribution in [0.3, 0.4) is 0 Å². The van der Waals surface area contributed by atoms with Crippen LogP contribution in [0, 0.1) is 0 Å². The van der Waals surface area contributed by atoms with Gasteiger partial charge in [0.15, 0.2) is 0 Å². The molecular weight excluding hydrogens is 254 g/mol. The number of benzene rings is 1. The fraction of sp³-hybridized carbons (Fsp3) is 0.125. The molecule has 0 radical (unpaired) electrons. The van der Waals surface area contributed by atoms with Crippen LogP contribution < -0.4 is 0 Å². The van der Waals surface area contributed by atoms with E-state index >= 15 is 0 Å². The maximum atomic E-state index is 11.4. The summed E-state index contributed by atoms with van der Waals surface area (Å²) in [5.74, 6) is 0. The van der Waals surface area contributed by atoms with E-state index in [2.05, 4.69) is 21.8 Å². The van der Waals surface area contributed by atoms with Crippen LogP contribution in [0.2, 0.25) is 0 Å². The zero-order valence-electron chi connectivity index (χ0n) is 7.67. The molecule has 0 amide bonds. The number of rotatable bonds is 2. The standard InChI is InChI=1S/C8H7NO3S3/c1-12-15(10,11)5-2-3-7-6(4-5)9-8(13)14-7/h2-4H,1H3,(H,9,13). The molecule has 1 aromatic heterocycles. The fourth-order valence-electron chi connectivity index (χ4n) is 1.15. The predicted molar refractivity (Wildman–Crippen MR) is 61.1 cm³/mol. The molecule has 0 bridgehead atoms. The smallest absolute Gasteiger partial charge is 0.270 e. The van der Waals surface area contributed by atoms with Gasteiger partial charge in [-0.3, -0.25) is 4.18 Å². The van der Waals surface area contributed by atoms with Crippen LogP contribution in [-0.4, -0.2) is 20.5 Å². The summed E-state index contributed by atoms with van der Waals surface area (Å²) in [6.07, 6.45) is 0. The van der Waals surface area contributed by atoms with Gasteiger partial charge in [-0.25, -0.2) is 4.98 Å². The SMILES string of the molecule is COS(=O)(=O)c1ccc2sc(S)nc2c1. The molecule has 15 heavy (non-hydrogen) atoms. The van der Waals surface area contributed by atoms with E-state index in [1.54, 1.807) is 6.07 Å². The Morgan fingerprint density at radius 2 is 2.20 bits per heavy atom. The molecular formula is C8H7NO3S3. The maximum Gasteiger partial charge on any atom is 0.296 e. The molecule has 0 aliphatic rings. The van der Waals surface area contributed by atoms with Gasteiger partial charge in [-0.2, -0.15) is 8.42 Å². The number of hydrogen-bond acceptors (Lipinski definition) is 6. The molecule has 2 aromatic rings. The van der Waals surface area contributed by atoms with Gasteiger partial charge in [-0.1, -0.05) is 0 Å². The van der Waals surface area contributed by atoms with Crippen LogP contribution in [0.15, 0.2) is 27.4 Å². The first kappa shape index (κ1) is 10.9. The Hall–Kier alpha value is -0.630. The largest absolute Gasteiger partial charge is 0.296 e. The van der Waals surface area contributed by atoms with Gasteiger partial charge in [0, 0.05) is 0 Å². The minimum absolute atomic E-state index is 0.108. The van der Waals surface area contributed by atoms with Gasteiger partial charge < -0.3 is 0 Å². The molecule has 0 atom stereocenters. The molecule has 80 valence electrons. The van der Waals surface area contributed by atoms with Crippen molar-refractivity contribution in [2.45, 2.75) is 9.24 Å². The normalized spacial score (nSPS) is 12.1. The number of nitrogens with zero attached hydrogens (tertiary/aromatic N) is 1. The lowest BCUT2D eigenvalue weighted by atomic mass is 10.3. The number of fused-ring (bicyclic) bond motifs is 1. The molecule has 4 nitrogen and oxygen atoms in total. The summed E-state index contributed by atoms with van der Waals surface area (Å²) in [4.78, 5) is 4.19. The highest BCUT2D eigenvalue weighted by molar-refractivity contribution is 7.86. The van der Waals surface area contributed by atoms with E-state index < -0.39 is 10.1 Å². The summed E-state index contributed by atoms with van der Waals surface area (Å²) in [6, 6.07) is 4.66. The zero-order chi connectivity index (χ0) is 11.1. The molecule has 0 spiro atoms. The van der Waals surface area contributed by atoms with Gasteiger partial charge in [0.25, 0.3) is 10.1 Å². The van der Waals surface area contributed by atoms with Crippen LogP contribution in [0.5, 0.6) is 0 Å². The van der Waals surface area contributed by atoms with Crippen LogP contribution >= 0.6 is 24.0 Å². The summed E-state index contributed by atoms with van der Waals surface area (Å²) in [6.45, 7) is 0. The molecule has 0 fully saturated rings. The van der Waals surface area contributed by atoms with E-state index in [1.807, 2.05) is 0 Å². The Kier molecular flexibility index (Phi) is 2.72. The summed E-state index contributed by atoms with van der Waals surface area (Å²) in [5.41, 5.74) is 0.614. The van der Waals surface area contributed by atoms with Crippen LogP contribution in [-0.2, 0) is 14.3 Å². The third kappa shape index (κ3) is 2.00. The Morgan fingerprint density at radius 1 is 1.47 bits per heavy atom. The van der Waals surface area contributed by atoms with E-state index in [9.17, 15) is 8.42 Å². The molecule has 0 unspecified atom stereocenters. The van der Waals surface area contributed by atoms with Gasteiger partial charge in [-0.05, 0) is 18.2 Å². The molecule has 0 saturated carbocycles. The number of thiol groups is 1. The minimum atomic E-state index is -3.64. The third-order valence-corrected chi connectivity index (χ3v) is 4.34. The first-order valence-corrected chi connectivity index (χ1v) is 6.60. The second-order valence-electron chi connectivity index (χ2n) is 2.75. The Labute approximate surface area is 96.4 Å². The molecule has 0 aliphatic carbocycles. The molecule has 0 saturated heterocycles. The van der Waals surface area contributed by atoms with Crippen LogP contribution in [0.4, 0.5) is 0 Å². The van der Waals surface area contributed by atoms with E-state index in [0.29, 0.717) is 9.86 Å². The van der Waals surface area contributed by atoms with Crippen LogP contribution in [0.25, 0.3) is 10.2 Å². The molecule has 1 aromatic carbocycles. The summed E-state index contributed by atoms with van der Waals surface area (Å²) < 4.78 is 28.7. The lowest BCUT2D eigenvalue weighted by Gasteiger charge is -1.99. The Morgan fingerprint density at radius 3 is 2.87 bits per heavy atom. The highest BCUT2D eigenvalue weighted by Crippen LogP contribution is 2.26. The Balaban J connectivity index is 2.66. The van der Waals surface area contributed by atoms with E-state index in [0.717, 1.165) is 11.8 Å². The molecule has 0 aliphatic heterocycles. The summed E-state index contributed by atoms with van der Waals surface area (Å²) >= 11 is 5.50. The topological polar surface area (TPSA) is 56.3 Å². The average molecular weight is 261 g/mol. The number of aromatic nitrogens is 1. The first-order chi connectivity index (χ1) is 7.03. The van der Waals surface area contributed by atoms with Gasteiger partial charge in [0.2, 0.25) is 0 Å². The summed E-state index contributed by atoms with van der Waals surface area (Å²) in [7, 11) is -2.51. The van der Waals surface area contributed by atoms with Crippen molar-refractivity contribution in [2.24, 2.45) is 0 Å². The average Bonchev–Trinajstić information content (AvgIpc) is 2.56. The minimum Gasteiger partial charge on any atom is -0.270 e. The van der Waals surface area contributed by atoms with E-state index in [1.165, 1.54) is 23.5 Å². The predicted octanol–water partition coefficient (Wildman–Crippen LogP) is 1.92. The number of hydrogen-bond donors (Lipinski definition) is 1. The lowest BCUT2D eigenvalue weighted by Crippen LogP contribution is -2.02. The summed E-state index contributed by atoms with van der Waals surface area (Å²) in [5, 5.41) is 0. The van der Waals surface area contributed by atoms with Gasteiger partial charge >= 0.3 is 0 Å². The monoisotopic (exact) mass is 261 g/mol. The second-order valence-corrected chi connectivity index (χ2v) is 6.22. The van der Waals surface area contributed by atoms with E-state index in [4.69, 9.17) is 0 Å². The Bertz CT molecular complexity index is 603. The van der Waals surface area contributed by atoms with Gasteiger partial charge in [-0.15, -0.1) is 24.0 Å². The molecule has 2 rings (SSSR count). The van der Waals surface area contributed by atoms with Crippen molar-refractivity contribution < 1.29 is 12.6 Å². The van der Waals surface area contributed by atoms with E-state index in [-0.39, 0.29) is 4.90 Å².